The summed E-state index contributed by atoms with van der Waals surface area (Å²) in [6.07, 6.45) is 4.44. The van der Waals surface area contributed by atoms with Crippen molar-refractivity contribution in [2.24, 2.45) is 5.92 Å². The number of carbonyl (C=O) groups is 1. The topological polar surface area (TPSA) is 70.6 Å². The maximum Gasteiger partial charge on any atom is 0.317 e. The number of fused-ring (bicyclic) bond motifs is 1. The Morgan fingerprint density at radius 3 is 2.87 bits per heavy atom. The molecule has 2 amide bonds. The fraction of sp³-hybridized carbons (Fsp3) is 0.435. The molecule has 164 valence electrons. The van der Waals surface area contributed by atoms with E-state index in [1.54, 1.807) is 23.1 Å². The van der Waals surface area contributed by atoms with Crippen molar-refractivity contribution in [3.63, 3.8) is 0 Å². The number of hydrogen-bond acceptors (Lipinski definition) is 5. The SMILES string of the molecule is C=CCNC(=O)N1CCc2nc(N3CCC(C)CC3)nc(Oc3cccc(F)c3)c2C1. The molecule has 0 bridgehead atoms. The van der Waals surface area contributed by atoms with E-state index in [0.29, 0.717) is 49.6 Å². The summed E-state index contributed by atoms with van der Waals surface area (Å²) in [5.74, 6) is 1.70. The van der Waals surface area contributed by atoms with Gasteiger partial charge in [-0.05, 0) is 30.9 Å². The number of amides is 2. The van der Waals surface area contributed by atoms with Gasteiger partial charge in [-0.2, -0.15) is 4.98 Å². The number of piperidine rings is 1. The predicted molar refractivity (Wildman–Crippen MR) is 117 cm³/mol. The van der Waals surface area contributed by atoms with Crippen LogP contribution in [0.2, 0.25) is 0 Å². The summed E-state index contributed by atoms with van der Waals surface area (Å²) in [5, 5.41) is 2.81. The largest absolute Gasteiger partial charge is 0.438 e. The number of ether oxygens (including phenoxy) is 1. The van der Waals surface area contributed by atoms with Crippen molar-refractivity contribution in [2.45, 2.75) is 32.7 Å². The number of halogens is 1. The predicted octanol–water partition coefficient (Wildman–Crippen LogP) is 3.90. The number of urea groups is 1. The van der Waals surface area contributed by atoms with E-state index < -0.39 is 0 Å². The number of anilines is 1. The number of aromatic nitrogens is 2. The Bertz CT molecular complexity index is 959. The van der Waals surface area contributed by atoms with Gasteiger partial charge in [0.1, 0.15) is 11.6 Å². The van der Waals surface area contributed by atoms with Gasteiger partial charge >= 0.3 is 6.03 Å². The number of nitrogens with one attached hydrogen (secondary N) is 1. The average molecular weight is 426 g/mol. The highest BCUT2D eigenvalue weighted by molar-refractivity contribution is 5.74. The first-order valence-corrected chi connectivity index (χ1v) is 10.8. The van der Waals surface area contributed by atoms with E-state index in [4.69, 9.17) is 14.7 Å². The summed E-state index contributed by atoms with van der Waals surface area (Å²) in [7, 11) is 0. The van der Waals surface area contributed by atoms with Crippen LogP contribution < -0.4 is 15.0 Å². The minimum atomic E-state index is -0.379. The van der Waals surface area contributed by atoms with Crippen molar-refractivity contribution in [1.29, 1.82) is 0 Å². The van der Waals surface area contributed by atoms with Crippen molar-refractivity contribution < 1.29 is 13.9 Å². The van der Waals surface area contributed by atoms with E-state index in [2.05, 4.69) is 23.7 Å². The Balaban J connectivity index is 1.65. The highest BCUT2D eigenvalue weighted by Gasteiger charge is 2.28. The first-order valence-electron chi connectivity index (χ1n) is 10.8. The molecule has 2 aliphatic heterocycles. The summed E-state index contributed by atoms with van der Waals surface area (Å²) in [4.78, 5) is 25.9. The van der Waals surface area contributed by atoms with Crippen molar-refractivity contribution in [3.8, 4) is 11.6 Å². The summed E-state index contributed by atoms with van der Waals surface area (Å²) in [5.41, 5.74) is 1.64. The van der Waals surface area contributed by atoms with Crippen LogP contribution in [0.4, 0.5) is 15.1 Å². The monoisotopic (exact) mass is 425 g/mol. The zero-order valence-electron chi connectivity index (χ0n) is 17.8. The molecule has 2 aromatic rings. The normalized spacial score (nSPS) is 16.6. The van der Waals surface area contributed by atoms with E-state index in [1.807, 2.05) is 0 Å². The lowest BCUT2D eigenvalue weighted by molar-refractivity contribution is 0.192. The molecule has 0 radical (unpaired) electrons. The molecule has 1 aromatic heterocycles. The van der Waals surface area contributed by atoms with Gasteiger partial charge in [-0.1, -0.05) is 19.1 Å². The average Bonchev–Trinajstić information content (AvgIpc) is 2.77. The van der Waals surface area contributed by atoms with Gasteiger partial charge < -0.3 is 19.9 Å². The third-order valence-corrected chi connectivity index (χ3v) is 5.77. The fourth-order valence-corrected chi connectivity index (χ4v) is 3.89. The number of hydrogen-bond donors (Lipinski definition) is 1. The second-order valence-corrected chi connectivity index (χ2v) is 8.13. The molecule has 1 N–H and O–H groups in total. The van der Waals surface area contributed by atoms with Gasteiger partial charge in [0, 0.05) is 38.7 Å². The van der Waals surface area contributed by atoms with Crippen molar-refractivity contribution >= 4 is 12.0 Å². The number of rotatable bonds is 5. The molecule has 2 aliphatic rings. The summed E-state index contributed by atoms with van der Waals surface area (Å²) < 4.78 is 19.7. The van der Waals surface area contributed by atoms with Gasteiger partial charge in [-0.15, -0.1) is 6.58 Å². The van der Waals surface area contributed by atoms with Crippen LogP contribution in [-0.2, 0) is 13.0 Å². The van der Waals surface area contributed by atoms with Crippen LogP contribution in [0.5, 0.6) is 11.6 Å². The molecule has 0 atom stereocenters. The summed E-state index contributed by atoms with van der Waals surface area (Å²) in [6.45, 7) is 8.98. The molecule has 0 aliphatic carbocycles. The van der Waals surface area contributed by atoms with Gasteiger partial charge in [0.05, 0.1) is 17.8 Å². The van der Waals surface area contributed by atoms with Gasteiger partial charge in [-0.25, -0.2) is 14.2 Å². The number of nitrogens with zero attached hydrogens (tertiary/aromatic N) is 4. The van der Waals surface area contributed by atoms with Crippen LogP contribution in [-0.4, -0.2) is 47.1 Å². The van der Waals surface area contributed by atoms with Crippen molar-refractivity contribution in [2.75, 3.05) is 31.1 Å². The highest BCUT2D eigenvalue weighted by Crippen LogP contribution is 2.32. The lowest BCUT2D eigenvalue weighted by atomic mass is 9.99. The third kappa shape index (κ3) is 4.95. The molecule has 8 heteroatoms. The Hall–Kier alpha value is -3.16. The van der Waals surface area contributed by atoms with Gasteiger partial charge in [0.15, 0.2) is 0 Å². The fourth-order valence-electron chi connectivity index (χ4n) is 3.89. The first-order chi connectivity index (χ1) is 15.0. The summed E-state index contributed by atoms with van der Waals surface area (Å²) >= 11 is 0. The maximum atomic E-state index is 13.7. The molecule has 1 aromatic carbocycles. The van der Waals surface area contributed by atoms with Crippen LogP contribution in [0.3, 0.4) is 0 Å². The van der Waals surface area contributed by atoms with E-state index in [1.165, 1.54) is 12.1 Å². The van der Waals surface area contributed by atoms with Crippen LogP contribution in [0.25, 0.3) is 0 Å². The maximum absolute atomic E-state index is 13.7. The molecule has 0 unspecified atom stereocenters. The molecular formula is C23H28FN5O2. The minimum absolute atomic E-state index is 0.170. The molecule has 1 saturated heterocycles. The van der Waals surface area contributed by atoms with Gasteiger partial charge in [0.25, 0.3) is 0 Å². The zero-order valence-corrected chi connectivity index (χ0v) is 17.8. The molecule has 0 saturated carbocycles. The Kier molecular flexibility index (Phi) is 6.34. The van der Waals surface area contributed by atoms with Crippen LogP contribution >= 0.6 is 0 Å². The van der Waals surface area contributed by atoms with E-state index in [-0.39, 0.29) is 11.8 Å². The Morgan fingerprint density at radius 1 is 1.32 bits per heavy atom. The zero-order chi connectivity index (χ0) is 21.8. The highest BCUT2D eigenvalue weighted by atomic mass is 19.1. The second kappa shape index (κ2) is 9.32. The minimum Gasteiger partial charge on any atom is -0.438 e. The first kappa shape index (κ1) is 21.1. The van der Waals surface area contributed by atoms with E-state index in [0.717, 1.165) is 37.2 Å². The standard InChI is InChI=1S/C23H28FN5O2/c1-3-10-25-23(30)29-13-9-20-19(15-29)21(31-18-6-4-5-17(24)14-18)27-22(26-20)28-11-7-16(2)8-12-28/h3-6,14,16H,1,7-13,15H2,2H3,(H,25,30). The Labute approximate surface area is 181 Å². The van der Waals surface area contributed by atoms with E-state index in [9.17, 15) is 9.18 Å². The molecular weight excluding hydrogens is 397 g/mol. The quantitative estimate of drug-likeness (QED) is 0.736. The van der Waals surface area contributed by atoms with Crippen molar-refractivity contribution in [3.05, 3.63) is 54.0 Å². The van der Waals surface area contributed by atoms with Crippen molar-refractivity contribution in [1.82, 2.24) is 20.2 Å². The number of benzene rings is 1. The smallest absolute Gasteiger partial charge is 0.317 e. The molecule has 31 heavy (non-hydrogen) atoms. The second-order valence-electron chi connectivity index (χ2n) is 8.13. The van der Waals surface area contributed by atoms with Crippen LogP contribution in [0, 0.1) is 11.7 Å². The molecule has 3 heterocycles. The lowest BCUT2D eigenvalue weighted by Gasteiger charge is -2.33. The molecule has 7 nitrogen and oxygen atoms in total. The molecule has 0 spiro atoms. The molecule has 1 fully saturated rings. The van der Waals surface area contributed by atoms with Gasteiger partial charge in [0.2, 0.25) is 11.8 Å². The summed E-state index contributed by atoms with van der Waals surface area (Å²) in [6, 6.07) is 5.82. The Morgan fingerprint density at radius 2 is 2.13 bits per heavy atom. The number of carbonyl (C=O) groups excluding carboxylic acids is 1. The van der Waals surface area contributed by atoms with E-state index >= 15 is 0 Å². The third-order valence-electron chi connectivity index (χ3n) is 5.77. The van der Waals surface area contributed by atoms with Crippen LogP contribution in [0.15, 0.2) is 36.9 Å². The van der Waals surface area contributed by atoms with Crippen LogP contribution in [0.1, 0.15) is 31.0 Å². The lowest BCUT2D eigenvalue weighted by Crippen LogP contribution is -2.43. The van der Waals surface area contributed by atoms with Gasteiger partial charge in [-0.3, -0.25) is 0 Å². The molecule has 4 rings (SSSR count).